The van der Waals surface area contributed by atoms with Crippen LogP contribution in [0.5, 0.6) is 11.5 Å². The van der Waals surface area contributed by atoms with Gasteiger partial charge in [-0.1, -0.05) is 41.7 Å². The number of aromatic nitrogens is 3. The van der Waals surface area contributed by atoms with E-state index in [2.05, 4.69) is 15.0 Å². The van der Waals surface area contributed by atoms with Gasteiger partial charge in [-0.15, -0.1) is 0 Å². The lowest BCUT2D eigenvalue weighted by Gasteiger charge is -2.22. The van der Waals surface area contributed by atoms with E-state index in [0.717, 1.165) is 12.8 Å². The van der Waals surface area contributed by atoms with Crippen LogP contribution >= 0.6 is 11.3 Å². The van der Waals surface area contributed by atoms with Gasteiger partial charge in [-0.2, -0.15) is 0 Å². The Balaban J connectivity index is 1.47. The standard InChI is InChI=1S/C23H20N4O4S/c1-30-17-12-6-5-10-15(17)19-25-20(28)18-22(26-19)32-21(24-18)16-11-7-13-27(16)23(29)31-14-8-3-2-4-9-14/h2-6,8-10,12,16H,7,11,13H2,1H3,(H,25,26,28). The lowest BCUT2D eigenvalue weighted by Crippen LogP contribution is -2.33. The first kappa shape index (κ1) is 20.2. The second-order valence-corrected chi connectivity index (χ2v) is 8.36. The molecule has 0 aliphatic carbocycles. The van der Waals surface area contributed by atoms with Crippen molar-refractivity contribution in [1.82, 2.24) is 19.9 Å². The highest BCUT2D eigenvalue weighted by Gasteiger charge is 2.34. The molecule has 2 aromatic carbocycles. The van der Waals surface area contributed by atoms with Crippen LogP contribution in [-0.2, 0) is 0 Å². The fourth-order valence-corrected chi connectivity index (χ4v) is 4.94. The van der Waals surface area contributed by atoms with Crippen molar-refractivity contribution >= 4 is 27.8 Å². The SMILES string of the molecule is COc1ccccc1-c1nc2sc(C3CCCN3C(=O)Oc3ccccc3)nc2c(=O)[nH]1. The number of benzene rings is 2. The highest BCUT2D eigenvalue weighted by atomic mass is 32.1. The Bertz CT molecular complexity index is 1330. The lowest BCUT2D eigenvalue weighted by atomic mass is 10.2. The van der Waals surface area contributed by atoms with E-state index in [4.69, 9.17) is 9.47 Å². The highest BCUT2D eigenvalue weighted by Crippen LogP contribution is 2.36. The molecule has 4 aromatic rings. The first-order valence-corrected chi connectivity index (χ1v) is 11.0. The minimum Gasteiger partial charge on any atom is -0.496 e. The number of hydrogen-bond acceptors (Lipinski definition) is 7. The molecule has 2 aromatic heterocycles. The van der Waals surface area contributed by atoms with Gasteiger partial charge in [0.05, 0.1) is 18.7 Å². The topological polar surface area (TPSA) is 97.4 Å². The van der Waals surface area contributed by atoms with Crippen molar-refractivity contribution in [3.63, 3.8) is 0 Å². The molecule has 9 heteroatoms. The molecule has 1 aliphatic rings. The van der Waals surface area contributed by atoms with E-state index < -0.39 is 6.09 Å². The Morgan fingerprint density at radius 2 is 1.91 bits per heavy atom. The number of amides is 1. The van der Waals surface area contributed by atoms with E-state index in [9.17, 15) is 9.59 Å². The molecule has 1 saturated heterocycles. The number of methoxy groups -OCH3 is 1. The molecule has 162 valence electrons. The molecule has 32 heavy (non-hydrogen) atoms. The fraction of sp³-hybridized carbons (Fsp3) is 0.217. The molecular weight excluding hydrogens is 428 g/mol. The molecule has 0 bridgehead atoms. The summed E-state index contributed by atoms with van der Waals surface area (Å²) in [6.07, 6.45) is 1.16. The van der Waals surface area contributed by atoms with Crippen LogP contribution in [0.15, 0.2) is 59.4 Å². The van der Waals surface area contributed by atoms with Crippen molar-refractivity contribution in [3.05, 3.63) is 70.0 Å². The van der Waals surface area contributed by atoms with Crippen LogP contribution in [0, 0.1) is 0 Å². The Morgan fingerprint density at radius 1 is 1.12 bits per heavy atom. The van der Waals surface area contributed by atoms with Gasteiger partial charge in [-0.05, 0) is 37.1 Å². The summed E-state index contributed by atoms with van der Waals surface area (Å²) in [5.41, 5.74) is 0.639. The quantitative estimate of drug-likeness (QED) is 0.497. The number of rotatable bonds is 4. The summed E-state index contributed by atoms with van der Waals surface area (Å²) < 4.78 is 10.9. The van der Waals surface area contributed by atoms with Gasteiger partial charge in [0.1, 0.15) is 22.3 Å². The maximum Gasteiger partial charge on any atom is 0.415 e. The van der Waals surface area contributed by atoms with Gasteiger partial charge >= 0.3 is 6.09 Å². The summed E-state index contributed by atoms with van der Waals surface area (Å²) in [6.45, 7) is 0.572. The Labute approximate surface area is 187 Å². The van der Waals surface area contributed by atoms with E-state index >= 15 is 0 Å². The molecular formula is C23H20N4O4S. The Kier molecular flexibility index (Phi) is 5.32. The van der Waals surface area contributed by atoms with Gasteiger partial charge in [0.2, 0.25) is 0 Å². The van der Waals surface area contributed by atoms with Gasteiger partial charge in [0.25, 0.3) is 5.56 Å². The predicted octanol–water partition coefficient (Wildman–Crippen LogP) is 4.39. The zero-order valence-electron chi connectivity index (χ0n) is 17.3. The number of nitrogens with zero attached hydrogens (tertiary/aromatic N) is 3. The van der Waals surface area contributed by atoms with Crippen LogP contribution in [0.3, 0.4) is 0 Å². The number of para-hydroxylation sites is 2. The van der Waals surface area contributed by atoms with Gasteiger partial charge < -0.3 is 14.5 Å². The third-order valence-electron chi connectivity index (χ3n) is 5.37. The number of thiazole rings is 1. The van der Waals surface area contributed by atoms with E-state index in [0.29, 0.717) is 39.3 Å². The molecule has 8 nitrogen and oxygen atoms in total. The van der Waals surface area contributed by atoms with Gasteiger partial charge in [0.15, 0.2) is 10.3 Å². The number of ether oxygens (including phenoxy) is 2. The Morgan fingerprint density at radius 3 is 2.72 bits per heavy atom. The average molecular weight is 449 g/mol. The minimum atomic E-state index is -0.422. The minimum absolute atomic E-state index is 0.250. The normalized spacial score (nSPS) is 15.8. The summed E-state index contributed by atoms with van der Waals surface area (Å²) in [5, 5.41) is 0.678. The summed E-state index contributed by atoms with van der Waals surface area (Å²) in [4.78, 5) is 39.7. The first-order chi connectivity index (χ1) is 15.6. The van der Waals surface area contributed by atoms with Crippen LogP contribution in [0.2, 0.25) is 0 Å². The van der Waals surface area contributed by atoms with Gasteiger partial charge in [-0.25, -0.2) is 14.8 Å². The van der Waals surface area contributed by atoms with Crippen molar-refractivity contribution in [3.8, 4) is 22.9 Å². The van der Waals surface area contributed by atoms with Crippen LogP contribution in [-0.4, -0.2) is 39.6 Å². The number of likely N-dealkylation sites (tertiary alicyclic amines) is 1. The van der Waals surface area contributed by atoms with Crippen molar-refractivity contribution < 1.29 is 14.3 Å². The average Bonchev–Trinajstić information content (AvgIpc) is 3.47. The van der Waals surface area contributed by atoms with E-state index in [1.54, 1.807) is 24.1 Å². The molecule has 1 amide bonds. The number of nitrogens with one attached hydrogen (secondary N) is 1. The lowest BCUT2D eigenvalue weighted by molar-refractivity contribution is 0.147. The van der Waals surface area contributed by atoms with Crippen molar-refractivity contribution in [2.75, 3.05) is 13.7 Å². The third-order valence-corrected chi connectivity index (χ3v) is 6.42. The van der Waals surface area contributed by atoms with Crippen LogP contribution in [0.1, 0.15) is 23.9 Å². The van der Waals surface area contributed by atoms with Crippen molar-refractivity contribution in [2.45, 2.75) is 18.9 Å². The number of hydrogen-bond donors (Lipinski definition) is 1. The second kappa shape index (κ2) is 8.43. The Hall–Kier alpha value is -3.72. The second-order valence-electron chi connectivity index (χ2n) is 7.35. The predicted molar refractivity (Wildman–Crippen MR) is 121 cm³/mol. The maximum atomic E-state index is 12.8. The summed E-state index contributed by atoms with van der Waals surface area (Å²) in [5.74, 6) is 1.53. The smallest absolute Gasteiger partial charge is 0.415 e. The molecule has 1 atom stereocenters. The highest BCUT2D eigenvalue weighted by molar-refractivity contribution is 7.18. The molecule has 1 aliphatic heterocycles. The van der Waals surface area contributed by atoms with E-state index in [1.165, 1.54) is 11.3 Å². The monoisotopic (exact) mass is 448 g/mol. The third kappa shape index (κ3) is 3.71. The number of fused-ring (bicyclic) bond motifs is 1. The zero-order chi connectivity index (χ0) is 22.1. The molecule has 1 fully saturated rings. The zero-order valence-corrected chi connectivity index (χ0v) is 18.1. The van der Waals surface area contributed by atoms with Crippen molar-refractivity contribution in [2.24, 2.45) is 0 Å². The number of H-pyrrole nitrogens is 1. The molecule has 1 unspecified atom stereocenters. The number of carbonyl (C=O) groups excluding carboxylic acids is 1. The molecule has 0 radical (unpaired) electrons. The molecule has 0 spiro atoms. The molecule has 3 heterocycles. The van der Waals surface area contributed by atoms with E-state index in [-0.39, 0.29) is 17.1 Å². The molecule has 5 rings (SSSR count). The molecule has 1 N–H and O–H groups in total. The van der Waals surface area contributed by atoms with Crippen LogP contribution in [0.25, 0.3) is 21.7 Å². The van der Waals surface area contributed by atoms with E-state index in [1.807, 2.05) is 42.5 Å². The van der Waals surface area contributed by atoms with Gasteiger partial charge in [-0.3, -0.25) is 9.69 Å². The summed E-state index contributed by atoms with van der Waals surface area (Å²) in [7, 11) is 1.57. The molecule has 0 saturated carbocycles. The van der Waals surface area contributed by atoms with Crippen LogP contribution < -0.4 is 15.0 Å². The summed E-state index contributed by atoms with van der Waals surface area (Å²) >= 11 is 1.33. The first-order valence-electron chi connectivity index (χ1n) is 10.2. The fourth-order valence-electron chi connectivity index (χ4n) is 3.85. The maximum absolute atomic E-state index is 12.8. The summed E-state index contributed by atoms with van der Waals surface area (Å²) in [6, 6.07) is 16.1. The number of carbonyl (C=O) groups is 1. The van der Waals surface area contributed by atoms with Gasteiger partial charge in [0, 0.05) is 6.54 Å². The largest absolute Gasteiger partial charge is 0.496 e. The van der Waals surface area contributed by atoms with Crippen LogP contribution in [0.4, 0.5) is 4.79 Å². The van der Waals surface area contributed by atoms with Crippen molar-refractivity contribution in [1.29, 1.82) is 0 Å². The number of aromatic amines is 1.